The number of esters is 1. The molecule has 4 rings (SSSR count). The van der Waals surface area contributed by atoms with Gasteiger partial charge in [-0.2, -0.15) is 0 Å². The van der Waals surface area contributed by atoms with Crippen LogP contribution in [0.2, 0.25) is 0 Å². The van der Waals surface area contributed by atoms with E-state index in [1.165, 1.54) is 23.5 Å². The number of nitrogens with zero attached hydrogens (tertiary/aromatic N) is 2. The van der Waals surface area contributed by atoms with Gasteiger partial charge in [-0.25, -0.2) is 14.2 Å². The van der Waals surface area contributed by atoms with E-state index < -0.39 is 5.97 Å². The van der Waals surface area contributed by atoms with E-state index in [4.69, 9.17) is 9.47 Å². The number of aryl methyl sites for hydroxylation is 2. The Hall–Kier alpha value is -2.84. The van der Waals surface area contributed by atoms with Gasteiger partial charge in [0.2, 0.25) is 5.78 Å². The molecular weight excluding hydrogens is 431 g/mol. The van der Waals surface area contributed by atoms with E-state index in [0.29, 0.717) is 29.3 Å². The summed E-state index contributed by atoms with van der Waals surface area (Å²) in [5.41, 5.74) is 3.72. The molecule has 1 fully saturated rings. The third-order valence-corrected chi connectivity index (χ3v) is 6.90. The lowest BCUT2D eigenvalue weighted by atomic mass is 10.1. The second-order valence-electron chi connectivity index (χ2n) is 7.97. The SMILES string of the molecule is Cc1nc(C2CCCO2)sc1C(=O)OCC(=O)c1cc(C)n(Cc2ccc(F)cc2)c1C. The molecule has 2 aromatic heterocycles. The van der Waals surface area contributed by atoms with Gasteiger partial charge >= 0.3 is 5.97 Å². The minimum Gasteiger partial charge on any atom is -0.453 e. The highest BCUT2D eigenvalue weighted by atomic mass is 32.1. The van der Waals surface area contributed by atoms with Crippen molar-refractivity contribution in [3.63, 3.8) is 0 Å². The number of benzene rings is 1. The van der Waals surface area contributed by atoms with Crippen LogP contribution in [-0.2, 0) is 16.0 Å². The van der Waals surface area contributed by atoms with E-state index in [1.807, 2.05) is 18.4 Å². The van der Waals surface area contributed by atoms with Crippen LogP contribution in [0.25, 0.3) is 0 Å². The van der Waals surface area contributed by atoms with Crippen LogP contribution in [-0.4, -0.2) is 34.5 Å². The van der Waals surface area contributed by atoms with Crippen molar-refractivity contribution in [3.8, 4) is 0 Å². The molecule has 1 aliphatic heterocycles. The van der Waals surface area contributed by atoms with Crippen LogP contribution >= 0.6 is 11.3 Å². The summed E-state index contributed by atoms with van der Waals surface area (Å²) in [6.07, 6.45) is 1.82. The lowest BCUT2D eigenvalue weighted by Gasteiger charge is -2.10. The van der Waals surface area contributed by atoms with E-state index in [1.54, 1.807) is 25.1 Å². The first kappa shape index (κ1) is 22.4. The Labute approximate surface area is 190 Å². The molecule has 1 atom stereocenters. The monoisotopic (exact) mass is 456 g/mol. The van der Waals surface area contributed by atoms with E-state index in [-0.39, 0.29) is 24.3 Å². The van der Waals surface area contributed by atoms with Gasteiger partial charge in [-0.1, -0.05) is 12.1 Å². The Balaban J connectivity index is 1.42. The summed E-state index contributed by atoms with van der Waals surface area (Å²) in [7, 11) is 0. The molecule has 0 bridgehead atoms. The predicted octanol–water partition coefficient (Wildman–Crippen LogP) is 4.95. The molecule has 1 aliphatic rings. The van der Waals surface area contributed by atoms with Crippen molar-refractivity contribution < 1.29 is 23.5 Å². The van der Waals surface area contributed by atoms with Gasteiger partial charge in [-0.15, -0.1) is 11.3 Å². The van der Waals surface area contributed by atoms with Crippen molar-refractivity contribution in [2.24, 2.45) is 0 Å². The number of hydrogen-bond acceptors (Lipinski definition) is 6. The maximum atomic E-state index is 13.2. The molecule has 32 heavy (non-hydrogen) atoms. The molecular formula is C24H25FN2O4S. The van der Waals surface area contributed by atoms with Gasteiger partial charge in [0, 0.05) is 30.1 Å². The summed E-state index contributed by atoms with van der Waals surface area (Å²) in [6, 6.07) is 8.07. The van der Waals surface area contributed by atoms with Gasteiger partial charge in [0.1, 0.15) is 21.8 Å². The van der Waals surface area contributed by atoms with E-state index in [9.17, 15) is 14.0 Å². The van der Waals surface area contributed by atoms with Crippen LogP contribution in [0.3, 0.4) is 0 Å². The van der Waals surface area contributed by atoms with Crippen molar-refractivity contribution in [1.29, 1.82) is 0 Å². The number of hydrogen-bond donors (Lipinski definition) is 0. The first-order valence-electron chi connectivity index (χ1n) is 10.5. The van der Waals surface area contributed by atoms with E-state index in [0.717, 1.165) is 34.8 Å². The lowest BCUT2D eigenvalue weighted by molar-refractivity contribution is 0.0478. The number of Topliss-reactive ketones (excluding diaryl/α,β-unsaturated/α-hetero) is 1. The molecule has 0 saturated carbocycles. The summed E-state index contributed by atoms with van der Waals surface area (Å²) in [5, 5.41) is 0.780. The number of ether oxygens (including phenoxy) is 2. The number of halogens is 1. The topological polar surface area (TPSA) is 70.4 Å². The van der Waals surface area contributed by atoms with Crippen molar-refractivity contribution in [1.82, 2.24) is 9.55 Å². The number of aromatic nitrogens is 2. The molecule has 0 amide bonds. The summed E-state index contributed by atoms with van der Waals surface area (Å²) in [6.45, 7) is 6.41. The lowest BCUT2D eigenvalue weighted by Crippen LogP contribution is -2.15. The van der Waals surface area contributed by atoms with Crippen LogP contribution in [0, 0.1) is 26.6 Å². The van der Waals surface area contributed by atoms with E-state index >= 15 is 0 Å². The molecule has 6 nitrogen and oxygen atoms in total. The number of ketones is 1. The summed E-state index contributed by atoms with van der Waals surface area (Å²) < 4.78 is 26.1. The first-order valence-corrected chi connectivity index (χ1v) is 11.4. The number of carbonyl (C=O) groups excluding carboxylic acids is 2. The van der Waals surface area contributed by atoms with E-state index in [2.05, 4.69) is 4.98 Å². The zero-order valence-corrected chi connectivity index (χ0v) is 19.1. The number of carbonyl (C=O) groups is 2. The zero-order chi connectivity index (χ0) is 22.8. The fraction of sp³-hybridized carbons (Fsp3) is 0.375. The predicted molar refractivity (Wildman–Crippen MR) is 119 cm³/mol. The molecule has 168 valence electrons. The second kappa shape index (κ2) is 9.34. The van der Waals surface area contributed by atoms with Crippen molar-refractivity contribution in [3.05, 3.63) is 74.2 Å². The molecule has 0 N–H and O–H groups in total. The summed E-state index contributed by atoms with van der Waals surface area (Å²) in [4.78, 5) is 30.2. The Morgan fingerprint density at radius 3 is 2.69 bits per heavy atom. The summed E-state index contributed by atoms with van der Waals surface area (Å²) >= 11 is 1.27. The molecule has 8 heteroatoms. The zero-order valence-electron chi connectivity index (χ0n) is 18.3. The van der Waals surface area contributed by atoms with Crippen molar-refractivity contribution >= 4 is 23.1 Å². The summed E-state index contributed by atoms with van der Waals surface area (Å²) in [5.74, 6) is -1.09. The fourth-order valence-corrected chi connectivity index (χ4v) is 4.93. The van der Waals surface area contributed by atoms with Gasteiger partial charge in [-0.3, -0.25) is 4.79 Å². The Morgan fingerprint density at radius 2 is 2.00 bits per heavy atom. The molecule has 1 aromatic carbocycles. The fourth-order valence-electron chi connectivity index (χ4n) is 3.89. The molecule has 0 radical (unpaired) electrons. The Bertz CT molecular complexity index is 1140. The smallest absolute Gasteiger partial charge is 0.350 e. The van der Waals surface area contributed by atoms with Gasteiger partial charge in [0.15, 0.2) is 6.61 Å². The Morgan fingerprint density at radius 1 is 1.25 bits per heavy atom. The average Bonchev–Trinajstić information content (AvgIpc) is 3.49. The first-order chi connectivity index (χ1) is 15.3. The van der Waals surface area contributed by atoms with Crippen LogP contribution in [0.1, 0.15) is 66.6 Å². The molecule has 1 unspecified atom stereocenters. The molecule has 0 aliphatic carbocycles. The average molecular weight is 457 g/mol. The van der Waals surface area contributed by atoms with Crippen LogP contribution in [0.15, 0.2) is 30.3 Å². The minimum atomic E-state index is -0.544. The van der Waals surface area contributed by atoms with Crippen LogP contribution in [0.5, 0.6) is 0 Å². The third kappa shape index (κ3) is 4.66. The normalized spacial score (nSPS) is 15.8. The van der Waals surface area contributed by atoms with Crippen molar-refractivity contribution in [2.45, 2.75) is 46.3 Å². The second-order valence-corrected chi connectivity index (χ2v) is 9.00. The van der Waals surface area contributed by atoms with Gasteiger partial charge in [0.25, 0.3) is 0 Å². The van der Waals surface area contributed by atoms with Crippen LogP contribution in [0.4, 0.5) is 4.39 Å². The largest absolute Gasteiger partial charge is 0.453 e. The maximum Gasteiger partial charge on any atom is 0.350 e. The van der Waals surface area contributed by atoms with Gasteiger partial charge < -0.3 is 14.0 Å². The van der Waals surface area contributed by atoms with Crippen molar-refractivity contribution in [2.75, 3.05) is 13.2 Å². The van der Waals surface area contributed by atoms with Gasteiger partial charge in [0.05, 0.1) is 5.69 Å². The highest BCUT2D eigenvalue weighted by Gasteiger charge is 2.26. The standard InChI is InChI=1S/C24H25FN2O4S/c1-14-11-19(16(3)27(14)12-17-6-8-18(25)9-7-17)20(28)13-31-24(29)22-15(2)26-23(32-22)21-5-4-10-30-21/h6-9,11,21H,4-5,10,12-13H2,1-3H3. The Kier molecular flexibility index (Phi) is 6.53. The number of rotatable bonds is 7. The molecule has 1 saturated heterocycles. The quantitative estimate of drug-likeness (QED) is 0.372. The highest BCUT2D eigenvalue weighted by molar-refractivity contribution is 7.13. The van der Waals surface area contributed by atoms with Crippen LogP contribution < -0.4 is 0 Å². The molecule has 3 heterocycles. The molecule has 0 spiro atoms. The van der Waals surface area contributed by atoms with Gasteiger partial charge in [-0.05, 0) is 57.4 Å². The molecule has 3 aromatic rings. The maximum absolute atomic E-state index is 13.2. The third-order valence-electron chi connectivity index (χ3n) is 5.67. The number of thiazole rings is 1. The minimum absolute atomic E-state index is 0.0617. The highest BCUT2D eigenvalue weighted by Crippen LogP contribution is 2.33.